The van der Waals surface area contributed by atoms with Gasteiger partial charge in [0.25, 0.3) is 0 Å². The topological polar surface area (TPSA) is 91.6 Å². The van der Waals surface area contributed by atoms with Gasteiger partial charge < -0.3 is 14.3 Å². The Morgan fingerprint density at radius 1 is 1.29 bits per heavy atom. The summed E-state index contributed by atoms with van der Waals surface area (Å²) in [7, 11) is 1.39. The molecule has 1 aliphatic heterocycles. The summed E-state index contributed by atoms with van der Waals surface area (Å²) < 4.78 is 10.7. The lowest BCUT2D eigenvalue weighted by molar-refractivity contribution is -0.0770. The number of esters is 1. The van der Waals surface area contributed by atoms with E-state index in [1.807, 2.05) is 24.3 Å². The van der Waals surface area contributed by atoms with Crippen molar-refractivity contribution >= 4 is 17.1 Å². The van der Waals surface area contributed by atoms with Crippen LogP contribution in [0, 0.1) is 0 Å². The molecule has 1 fully saturated rings. The van der Waals surface area contributed by atoms with Crippen LogP contribution >= 0.6 is 0 Å². The molecule has 9 heteroatoms. The number of fused-ring (bicyclic) bond motifs is 1. The summed E-state index contributed by atoms with van der Waals surface area (Å²) in [5, 5.41) is 7.99. The predicted octanol–water partition coefficient (Wildman–Crippen LogP) is 0.942. The molecule has 2 aromatic heterocycles. The van der Waals surface area contributed by atoms with E-state index in [1.165, 1.54) is 12.0 Å². The highest BCUT2D eigenvalue weighted by atomic mass is 16.7. The van der Waals surface area contributed by atoms with Crippen molar-refractivity contribution in [2.45, 2.75) is 12.6 Å². The number of nitrogens with zero attached hydrogens (tertiary/aromatic N) is 5. The molecule has 1 atom stereocenters. The molecule has 3 heterocycles. The van der Waals surface area contributed by atoms with Crippen molar-refractivity contribution < 1.29 is 19.1 Å². The summed E-state index contributed by atoms with van der Waals surface area (Å²) in [6.07, 6.45) is 1.55. The zero-order chi connectivity index (χ0) is 19.3. The molecule has 9 nitrogen and oxygen atoms in total. The van der Waals surface area contributed by atoms with Gasteiger partial charge in [-0.25, -0.2) is 9.78 Å². The second kappa shape index (κ2) is 8.32. The highest BCUT2D eigenvalue weighted by Crippen LogP contribution is 2.15. The van der Waals surface area contributed by atoms with Gasteiger partial charge >= 0.3 is 5.97 Å². The maximum Gasteiger partial charge on any atom is 0.338 e. The fourth-order valence-corrected chi connectivity index (χ4v) is 3.22. The Labute approximate surface area is 161 Å². The Morgan fingerprint density at radius 2 is 2.18 bits per heavy atom. The normalized spacial score (nSPS) is 17.5. The van der Waals surface area contributed by atoms with Crippen molar-refractivity contribution in [1.29, 1.82) is 0 Å². The molecule has 28 heavy (non-hydrogen) atoms. The first-order chi connectivity index (χ1) is 13.7. The third-order valence-corrected chi connectivity index (χ3v) is 4.60. The van der Waals surface area contributed by atoms with Crippen LogP contribution in [0.4, 0.5) is 0 Å². The van der Waals surface area contributed by atoms with E-state index in [0.717, 1.165) is 12.1 Å². The van der Waals surface area contributed by atoms with Crippen LogP contribution in [0.25, 0.3) is 11.2 Å². The van der Waals surface area contributed by atoms with Gasteiger partial charge in [-0.15, -0.1) is 5.10 Å². The van der Waals surface area contributed by atoms with E-state index in [1.54, 1.807) is 18.3 Å². The van der Waals surface area contributed by atoms with Gasteiger partial charge in [0, 0.05) is 25.8 Å². The van der Waals surface area contributed by atoms with Crippen LogP contribution in [0.1, 0.15) is 15.9 Å². The van der Waals surface area contributed by atoms with Gasteiger partial charge in [0.2, 0.25) is 5.65 Å². The highest BCUT2D eigenvalue weighted by molar-refractivity contribution is 5.90. The molecule has 0 bridgehead atoms. The molecule has 1 unspecified atom stereocenters. The van der Waals surface area contributed by atoms with Crippen LogP contribution in [0.3, 0.4) is 0 Å². The zero-order valence-electron chi connectivity index (χ0n) is 15.5. The van der Waals surface area contributed by atoms with Crippen molar-refractivity contribution in [3.8, 4) is 0 Å². The molecule has 0 saturated carbocycles. The largest absolute Gasteiger partial charge is 0.465 e. The summed E-state index contributed by atoms with van der Waals surface area (Å²) in [6.45, 7) is 3.00. The van der Waals surface area contributed by atoms with E-state index in [0.29, 0.717) is 43.0 Å². The maximum atomic E-state index is 12.0. The van der Waals surface area contributed by atoms with E-state index in [9.17, 15) is 4.79 Å². The van der Waals surface area contributed by atoms with Crippen molar-refractivity contribution in [1.82, 2.24) is 25.0 Å². The SMILES string of the molecule is COC(=O)c1ccccc1CN1CCOC(COn2nnc3cccnc32)C1. The van der Waals surface area contributed by atoms with E-state index >= 15 is 0 Å². The number of pyridine rings is 1. The minimum atomic E-state index is -0.325. The van der Waals surface area contributed by atoms with Gasteiger partial charge in [-0.1, -0.05) is 23.0 Å². The molecule has 146 valence electrons. The van der Waals surface area contributed by atoms with Crippen LogP contribution < -0.4 is 4.84 Å². The van der Waals surface area contributed by atoms with Crippen molar-refractivity contribution in [2.24, 2.45) is 0 Å². The van der Waals surface area contributed by atoms with E-state index in [-0.39, 0.29) is 12.1 Å². The van der Waals surface area contributed by atoms with E-state index in [2.05, 4.69) is 20.2 Å². The van der Waals surface area contributed by atoms with Crippen LogP contribution in [0.5, 0.6) is 0 Å². The molecule has 3 aromatic rings. The molecular formula is C19H21N5O4. The van der Waals surface area contributed by atoms with Gasteiger partial charge in [0.15, 0.2) is 0 Å². The average molecular weight is 383 g/mol. The Balaban J connectivity index is 1.38. The highest BCUT2D eigenvalue weighted by Gasteiger charge is 2.23. The molecule has 0 spiro atoms. The first-order valence-electron chi connectivity index (χ1n) is 9.04. The minimum absolute atomic E-state index is 0.123. The zero-order valence-corrected chi connectivity index (χ0v) is 15.5. The molecule has 0 aliphatic carbocycles. The minimum Gasteiger partial charge on any atom is -0.465 e. The monoisotopic (exact) mass is 383 g/mol. The standard InChI is InChI=1S/C19H21N5O4/c1-26-19(25)16-6-3-2-5-14(16)11-23-9-10-27-15(12-23)13-28-24-18-17(21-22-24)7-4-8-20-18/h2-8,15H,9-13H2,1H3. The number of rotatable bonds is 6. The van der Waals surface area contributed by atoms with Gasteiger partial charge in [-0.3, -0.25) is 4.90 Å². The Bertz CT molecular complexity index is 960. The number of hydrogen-bond donors (Lipinski definition) is 0. The number of ether oxygens (including phenoxy) is 2. The van der Waals surface area contributed by atoms with Crippen molar-refractivity contribution in [3.05, 3.63) is 53.7 Å². The second-order valence-electron chi connectivity index (χ2n) is 6.48. The van der Waals surface area contributed by atoms with Crippen LogP contribution in [-0.2, 0) is 16.0 Å². The Morgan fingerprint density at radius 3 is 3.07 bits per heavy atom. The smallest absolute Gasteiger partial charge is 0.338 e. The quantitative estimate of drug-likeness (QED) is 0.581. The van der Waals surface area contributed by atoms with E-state index < -0.39 is 0 Å². The van der Waals surface area contributed by atoms with E-state index in [4.69, 9.17) is 14.3 Å². The first kappa shape index (κ1) is 18.3. The molecule has 0 N–H and O–H groups in total. The van der Waals surface area contributed by atoms with Crippen molar-refractivity contribution in [3.63, 3.8) is 0 Å². The first-order valence-corrected chi connectivity index (χ1v) is 9.04. The lowest BCUT2D eigenvalue weighted by Gasteiger charge is -2.32. The van der Waals surface area contributed by atoms with Gasteiger partial charge in [0.1, 0.15) is 18.2 Å². The number of aromatic nitrogens is 4. The number of morpholine rings is 1. The molecule has 4 rings (SSSR count). The molecule has 0 radical (unpaired) electrons. The van der Waals surface area contributed by atoms with Crippen LogP contribution in [-0.4, -0.2) is 70.5 Å². The Kier molecular flexibility index (Phi) is 5.45. The third-order valence-electron chi connectivity index (χ3n) is 4.60. The summed E-state index contributed by atoms with van der Waals surface area (Å²) in [6, 6.07) is 11.1. The number of methoxy groups -OCH3 is 1. The summed E-state index contributed by atoms with van der Waals surface area (Å²) in [5.74, 6) is -0.325. The summed E-state index contributed by atoms with van der Waals surface area (Å²) in [5.41, 5.74) is 2.77. The fraction of sp³-hybridized carbons (Fsp3) is 0.368. The predicted molar refractivity (Wildman–Crippen MR) is 99.6 cm³/mol. The maximum absolute atomic E-state index is 12.0. The van der Waals surface area contributed by atoms with Gasteiger partial charge in [0.05, 0.1) is 19.3 Å². The van der Waals surface area contributed by atoms with Crippen LogP contribution in [0.15, 0.2) is 42.6 Å². The number of benzene rings is 1. The Hall–Kier alpha value is -3.04. The second-order valence-corrected chi connectivity index (χ2v) is 6.48. The summed E-state index contributed by atoms with van der Waals surface area (Å²) >= 11 is 0. The van der Waals surface area contributed by atoms with Crippen LogP contribution in [0.2, 0.25) is 0 Å². The van der Waals surface area contributed by atoms with Gasteiger partial charge in [-0.05, 0) is 29.0 Å². The molecule has 1 aromatic carbocycles. The van der Waals surface area contributed by atoms with Gasteiger partial charge in [-0.2, -0.15) is 0 Å². The number of carbonyl (C=O) groups is 1. The third kappa shape index (κ3) is 3.95. The lowest BCUT2D eigenvalue weighted by Crippen LogP contribution is -2.45. The lowest BCUT2D eigenvalue weighted by atomic mass is 10.1. The molecular weight excluding hydrogens is 362 g/mol. The molecule has 1 aliphatic rings. The molecule has 1 saturated heterocycles. The average Bonchev–Trinajstić information content (AvgIpc) is 3.15. The summed E-state index contributed by atoms with van der Waals surface area (Å²) in [4.78, 5) is 25.5. The number of hydrogen-bond acceptors (Lipinski definition) is 8. The number of carbonyl (C=O) groups excluding carboxylic acids is 1. The van der Waals surface area contributed by atoms with Crippen molar-refractivity contribution in [2.75, 3.05) is 33.4 Å². The molecule has 0 amide bonds. The fourth-order valence-electron chi connectivity index (χ4n) is 3.22.